The number of aromatic nitrogens is 2. The lowest BCUT2D eigenvalue weighted by Gasteiger charge is -2.53. The van der Waals surface area contributed by atoms with E-state index in [0.717, 1.165) is 50.3 Å². The van der Waals surface area contributed by atoms with Crippen LogP contribution in [-0.2, 0) is 36.5 Å². The molecular weight excluding hydrogens is 975 g/mol. The Morgan fingerprint density at radius 1 is 0.592 bits per heavy atom. The van der Waals surface area contributed by atoms with Crippen molar-refractivity contribution in [2.24, 2.45) is 22.7 Å². The zero-order valence-corrected chi connectivity index (χ0v) is 43.6. The third-order valence-corrected chi connectivity index (χ3v) is 17.8. The van der Waals surface area contributed by atoms with E-state index in [4.69, 9.17) is 0 Å². The van der Waals surface area contributed by atoms with E-state index in [1.807, 2.05) is 112 Å². The Bertz CT molecular complexity index is 3190. The Hall–Kier alpha value is -6.53. The van der Waals surface area contributed by atoms with Gasteiger partial charge in [-0.1, -0.05) is 117 Å². The zero-order valence-electron chi connectivity index (χ0n) is 43.6. The summed E-state index contributed by atoms with van der Waals surface area (Å²) in [5, 5.41) is 11.3. The predicted octanol–water partition coefficient (Wildman–Crippen LogP) is 14.7. The van der Waals surface area contributed by atoms with Crippen molar-refractivity contribution in [3.05, 3.63) is 207 Å². The maximum atomic E-state index is 14.2. The second kappa shape index (κ2) is 20.8. The molecule has 0 radical (unpaired) electrons. The number of carbonyl (C=O) groups excluding carboxylic acids is 3. The number of alkyl halides is 6. The number of fused-ring (bicyclic) bond motifs is 6. The van der Waals surface area contributed by atoms with E-state index in [2.05, 4.69) is 22.1 Å². The zero-order chi connectivity index (χ0) is 54.4. The molecule has 1 N–H and O–H groups in total. The average Bonchev–Trinajstić information content (AvgIpc) is 3.48. The minimum atomic E-state index is -4.43. The number of aryl methyl sites for hydroxylation is 2. The molecule has 1 unspecified atom stereocenters. The number of pyridine rings is 2. The Morgan fingerprint density at radius 2 is 1.05 bits per heavy atom. The number of hydrogen-bond acceptors (Lipinski definition) is 6. The molecule has 6 nitrogen and oxygen atoms in total. The van der Waals surface area contributed by atoms with E-state index in [0.29, 0.717) is 41.5 Å². The molecule has 0 aliphatic heterocycles. The molecule has 12 heteroatoms. The Kier molecular flexibility index (Phi) is 14.8. The van der Waals surface area contributed by atoms with Gasteiger partial charge in [-0.05, 0) is 153 Å². The third kappa shape index (κ3) is 10.4. The molecule has 2 fully saturated rings. The minimum Gasteiger partial charge on any atom is -0.392 e. The molecule has 2 aromatic heterocycles. The lowest BCUT2D eigenvalue weighted by atomic mass is 9.51. The first-order valence-electron chi connectivity index (χ1n) is 26.2. The van der Waals surface area contributed by atoms with Gasteiger partial charge >= 0.3 is 12.4 Å². The van der Waals surface area contributed by atoms with Gasteiger partial charge in [0.25, 0.3) is 0 Å². The smallest absolute Gasteiger partial charge is 0.392 e. The Labute approximate surface area is 441 Å². The van der Waals surface area contributed by atoms with Crippen molar-refractivity contribution in [3.8, 4) is 0 Å². The number of benzene rings is 4. The van der Waals surface area contributed by atoms with Crippen LogP contribution in [0.5, 0.6) is 0 Å². The van der Waals surface area contributed by atoms with Crippen LogP contribution >= 0.6 is 0 Å². The van der Waals surface area contributed by atoms with E-state index in [1.165, 1.54) is 13.8 Å². The van der Waals surface area contributed by atoms with Crippen LogP contribution in [0.2, 0.25) is 0 Å². The van der Waals surface area contributed by atoms with Gasteiger partial charge in [-0.2, -0.15) is 26.3 Å². The van der Waals surface area contributed by atoms with Crippen molar-refractivity contribution in [1.82, 2.24) is 9.97 Å². The molecule has 2 heterocycles. The molecule has 2 saturated carbocycles. The van der Waals surface area contributed by atoms with Gasteiger partial charge in [0.15, 0.2) is 17.3 Å². The van der Waals surface area contributed by atoms with Crippen LogP contribution < -0.4 is 0 Å². The number of halogens is 6. The summed E-state index contributed by atoms with van der Waals surface area (Å²) in [4.78, 5) is 48.5. The van der Waals surface area contributed by atoms with Gasteiger partial charge in [-0.25, -0.2) is 0 Å². The van der Waals surface area contributed by atoms with Crippen LogP contribution in [-0.4, -0.2) is 50.9 Å². The number of aliphatic hydroxyl groups is 1. The number of allylic oxidation sites excluding steroid dienone is 2. The van der Waals surface area contributed by atoms with Gasteiger partial charge < -0.3 is 5.11 Å². The van der Waals surface area contributed by atoms with Gasteiger partial charge in [-0.3, -0.25) is 24.4 Å². The van der Waals surface area contributed by atoms with Crippen LogP contribution in [0.4, 0.5) is 26.3 Å². The molecule has 396 valence electrons. The first-order valence-corrected chi connectivity index (χ1v) is 26.2. The number of hydrogen-bond donors (Lipinski definition) is 1. The fourth-order valence-electron chi connectivity index (χ4n) is 13.0. The SMILES string of the molecule is CC1=C[C@@H]2C[C@@](C)(C(F)(F)F)CC[C@@]2(Cc2ccccc2)c2ccc(C(=O)Cc3cccnc3C)cc21.Cc1ncccc1CC(=O)c1ccc2c(c1)C(=O)CC(O)[C@@H]1C[C@@](C)(C(F)(F)F)CC[C@@]21Cc1ccccc1. The van der Waals surface area contributed by atoms with Gasteiger partial charge in [0.1, 0.15) is 0 Å². The summed E-state index contributed by atoms with van der Waals surface area (Å²) in [7, 11) is 0. The summed E-state index contributed by atoms with van der Waals surface area (Å²) in [5.41, 5.74) is 5.30. The van der Waals surface area contributed by atoms with Gasteiger partial charge in [0.05, 0.1) is 16.9 Å². The fourth-order valence-corrected chi connectivity index (χ4v) is 13.0. The van der Waals surface area contributed by atoms with Crippen molar-refractivity contribution < 1.29 is 45.8 Å². The standard InChI is InChI=1S/C32H32F3NO3.C32H32F3NO/c1-20-22(9-6-14-36-20)16-27(37)23-10-11-25-24(15-23)28(38)17-29(39)26-19-30(2,32(33,34)35)12-13-31(25,26)18-21-7-4-3-5-8-21;1-21-16-26-20-30(3,32(33,34)35)13-14-31(26,19-23-8-5-4-6-9-23)28-12-11-25(17-27(21)28)29(37)18-24-10-7-15-36-22(24)2/h3-11,14-15,26,29,39H,12-13,16-19H2,1-2H3;4-12,15-17,26H,13-14,18-20H2,1-3H3/t26-,29?,30-,31+;26-,30+,31+/m01/s1. The van der Waals surface area contributed by atoms with E-state index < -0.39 is 46.0 Å². The van der Waals surface area contributed by atoms with E-state index in [-0.39, 0.29) is 74.6 Å². The Balaban J connectivity index is 0.000000186. The monoisotopic (exact) mass is 1040 g/mol. The van der Waals surface area contributed by atoms with Crippen molar-refractivity contribution in [1.29, 1.82) is 0 Å². The third-order valence-electron chi connectivity index (χ3n) is 17.8. The number of nitrogens with zero attached hydrogens (tertiary/aromatic N) is 2. The molecular formula is C64H64F6N2O4. The summed E-state index contributed by atoms with van der Waals surface area (Å²) < 4.78 is 84.9. The van der Waals surface area contributed by atoms with Crippen molar-refractivity contribution in [2.75, 3.05) is 0 Å². The number of carbonyl (C=O) groups is 3. The van der Waals surface area contributed by atoms with Crippen LogP contribution in [0, 0.1) is 36.5 Å². The molecule has 0 bridgehead atoms. The summed E-state index contributed by atoms with van der Waals surface area (Å²) in [6.07, 6.45) is -2.89. The average molecular weight is 1040 g/mol. The summed E-state index contributed by atoms with van der Waals surface area (Å²) >= 11 is 0. The van der Waals surface area contributed by atoms with Gasteiger partial charge in [0.2, 0.25) is 0 Å². The molecule has 7 atom stereocenters. The summed E-state index contributed by atoms with van der Waals surface area (Å²) in [6.45, 7) is 8.29. The van der Waals surface area contributed by atoms with Gasteiger partial charge in [0, 0.05) is 70.6 Å². The van der Waals surface area contributed by atoms with Crippen LogP contribution in [0.3, 0.4) is 0 Å². The van der Waals surface area contributed by atoms with Crippen LogP contribution in [0.1, 0.15) is 147 Å². The highest BCUT2D eigenvalue weighted by atomic mass is 19.4. The molecule has 4 aromatic carbocycles. The largest absolute Gasteiger partial charge is 0.394 e. The van der Waals surface area contributed by atoms with E-state index in [1.54, 1.807) is 36.7 Å². The number of rotatable bonds is 10. The topological polar surface area (TPSA) is 97.2 Å². The molecule has 4 aliphatic carbocycles. The second-order valence-corrected chi connectivity index (χ2v) is 22.6. The van der Waals surface area contributed by atoms with Crippen LogP contribution in [0.25, 0.3) is 5.57 Å². The van der Waals surface area contributed by atoms with Crippen LogP contribution in [0.15, 0.2) is 140 Å². The van der Waals surface area contributed by atoms with Gasteiger partial charge in [-0.15, -0.1) is 0 Å². The molecule has 0 saturated heterocycles. The first-order chi connectivity index (χ1) is 36.0. The Morgan fingerprint density at radius 3 is 1.55 bits per heavy atom. The number of Topliss-reactive ketones (excluding diaryl/α,β-unsaturated/α-hetero) is 3. The predicted molar refractivity (Wildman–Crippen MR) is 282 cm³/mol. The van der Waals surface area contributed by atoms with E-state index in [9.17, 15) is 45.8 Å². The molecule has 6 aromatic rings. The quantitative estimate of drug-likeness (QED) is 0.108. The molecule has 4 aliphatic rings. The highest BCUT2D eigenvalue weighted by Crippen LogP contribution is 2.62. The molecule has 76 heavy (non-hydrogen) atoms. The maximum absolute atomic E-state index is 14.2. The lowest BCUT2D eigenvalue weighted by Crippen LogP contribution is -2.53. The first kappa shape index (κ1) is 54.3. The van der Waals surface area contributed by atoms with Crippen molar-refractivity contribution in [2.45, 2.75) is 135 Å². The summed E-state index contributed by atoms with van der Waals surface area (Å²) in [5.74, 6) is -1.52. The highest BCUT2D eigenvalue weighted by molar-refractivity contribution is 6.04. The summed E-state index contributed by atoms with van der Waals surface area (Å²) in [6, 6.07) is 37.7. The van der Waals surface area contributed by atoms with E-state index >= 15 is 0 Å². The second-order valence-electron chi connectivity index (χ2n) is 22.6. The minimum absolute atomic E-state index is 0.0132. The molecule has 10 rings (SSSR count). The maximum Gasteiger partial charge on any atom is 0.394 e. The fraction of sp³-hybridized carbons (Fsp3) is 0.391. The highest BCUT2D eigenvalue weighted by Gasteiger charge is 2.62. The lowest BCUT2D eigenvalue weighted by molar-refractivity contribution is -0.241. The molecule has 0 spiro atoms. The molecule has 0 amide bonds. The van der Waals surface area contributed by atoms with Crippen molar-refractivity contribution >= 4 is 22.9 Å². The number of aliphatic hydroxyl groups excluding tert-OH is 1. The number of ketones is 3. The van der Waals surface area contributed by atoms with Crippen molar-refractivity contribution in [3.63, 3.8) is 0 Å². The normalized spacial score (nSPS) is 26.0.